The van der Waals surface area contributed by atoms with Gasteiger partial charge in [-0.3, -0.25) is 4.79 Å². The summed E-state index contributed by atoms with van der Waals surface area (Å²) in [6.45, 7) is 11.0. The summed E-state index contributed by atoms with van der Waals surface area (Å²) in [7, 11) is -3.59. The zero-order chi connectivity index (χ0) is 20.6. The van der Waals surface area contributed by atoms with E-state index in [9.17, 15) is 13.2 Å². The molecule has 2 aromatic rings. The summed E-state index contributed by atoms with van der Waals surface area (Å²) in [5, 5.41) is 0. The Morgan fingerprint density at radius 1 is 0.821 bits per heavy atom. The van der Waals surface area contributed by atoms with Crippen molar-refractivity contribution in [2.75, 3.05) is 26.2 Å². The number of carbonyl (C=O) groups excluding carboxylic acids is 1. The second kappa shape index (κ2) is 7.68. The maximum absolute atomic E-state index is 13.3. The number of amides is 1. The van der Waals surface area contributed by atoms with Crippen LogP contribution in [0.3, 0.4) is 0 Å². The van der Waals surface area contributed by atoms with Gasteiger partial charge >= 0.3 is 0 Å². The molecule has 0 unspecified atom stereocenters. The first-order valence-corrected chi connectivity index (χ1v) is 11.0. The molecular formula is C22H28N2O3S. The Labute approximate surface area is 168 Å². The molecule has 150 valence electrons. The van der Waals surface area contributed by atoms with Gasteiger partial charge in [0.2, 0.25) is 10.0 Å². The van der Waals surface area contributed by atoms with Crippen LogP contribution in [0.1, 0.15) is 38.2 Å². The Hall–Kier alpha value is -2.18. The van der Waals surface area contributed by atoms with Crippen molar-refractivity contribution in [3.05, 3.63) is 63.7 Å². The highest BCUT2D eigenvalue weighted by molar-refractivity contribution is 7.89. The molecule has 1 amide bonds. The van der Waals surface area contributed by atoms with E-state index in [-0.39, 0.29) is 5.91 Å². The molecule has 1 aliphatic heterocycles. The van der Waals surface area contributed by atoms with E-state index in [4.69, 9.17) is 0 Å². The summed E-state index contributed by atoms with van der Waals surface area (Å²) >= 11 is 0. The summed E-state index contributed by atoms with van der Waals surface area (Å²) in [4.78, 5) is 14.8. The quantitative estimate of drug-likeness (QED) is 0.794. The van der Waals surface area contributed by atoms with Crippen molar-refractivity contribution in [3.63, 3.8) is 0 Å². The van der Waals surface area contributed by atoms with Crippen LogP contribution in [0.4, 0.5) is 0 Å². The number of aryl methyl sites for hydroxylation is 3. The molecule has 0 atom stereocenters. The number of rotatable bonds is 3. The molecule has 28 heavy (non-hydrogen) atoms. The first kappa shape index (κ1) is 20.6. The summed E-state index contributed by atoms with van der Waals surface area (Å²) in [5.74, 6) is -0.0455. The van der Waals surface area contributed by atoms with Crippen LogP contribution in [0.15, 0.2) is 35.2 Å². The lowest BCUT2D eigenvalue weighted by Crippen LogP contribution is -2.50. The molecule has 1 saturated heterocycles. The van der Waals surface area contributed by atoms with Crippen LogP contribution in [0, 0.1) is 34.6 Å². The number of piperazine rings is 1. The zero-order valence-electron chi connectivity index (χ0n) is 17.2. The molecule has 0 saturated carbocycles. The second-order valence-electron chi connectivity index (χ2n) is 7.65. The standard InChI is InChI=1S/C22H28N2O3S/c1-15-6-8-20(9-7-15)22(25)23-10-12-24(13-11-23)28(26,27)21-18(4)16(2)14-17(3)19(21)5/h6-9,14H,10-13H2,1-5H3. The molecule has 5 nitrogen and oxygen atoms in total. The van der Waals surface area contributed by atoms with Crippen molar-refractivity contribution in [1.82, 2.24) is 9.21 Å². The highest BCUT2D eigenvalue weighted by atomic mass is 32.2. The Bertz CT molecular complexity index is 977. The number of nitrogens with zero attached hydrogens (tertiary/aromatic N) is 2. The van der Waals surface area contributed by atoms with Crippen LogP contribution in [0.25, 0.3) is 0 Å². The van der Waals surface area contributed by atoms with E-state index < -0.39 is 10.0 Å². The average molecular weight is 401 g/mol. The molecule has 1 heterocycles. The van der Waals surface area contributed by atoms with Crippen LogP contribution in [-0.2, 0) is 10.0 Å². The van der Waals surface area contributed by atoms with Gasteiger partial charge in [-0.25, -0.2) is 8.42 Å². The van der Waals surface area contributed by atoms with Gasteiger partial charge in [-0.05, 0) is 69.0 Å². The fourth-order valence-corrected chi connectivity index (χ4v) is 5.71. The molecule has 0 spiro atoms. The van der Waals surface area contributed by atoms with Crippen molar-refractivity contribution in [2.24, 2.45) is 0 Å². The van der Waals surface area contributed by atoms with Gasteiger partial charge in [0.1, 0.15) is 0 Å². The predicted octanol–water partition coefficient (Wildman–Crippen LogP) is 3.38. The zero-order valence-corrected chi connectivity index (χ0v) is 18.1. The Morgan fingerprint density at radius 2 is 1.32 bits per heavy atom. The molecule has 0 aromatic heterocycles. The first-order valence-electron chi connectivity index (χ1n) is 9.56. The van der Waals surface area contributed by atoms with E-state index in [1.54, 1.807) is 4.90 Å². The summed E-state index contributed by atoms with van der Waals surface area (Å²) in [6.07, 6.45) is 0. The summed E-state index contributed by atoms with van der Waals surface area (Å²) in [6, 6.07) is 9.51. The van der Waals surface area contributed by atoms with E-state index in [1.165, 1.54) is 4.31 Å². The first-order chi connectivity index (χ1) is 13.1. The van der Waals surface area contributed by atoms with Crippen molar-refractivity contribution in [3.8, 4) is 0 Å². The largest absolute Gasteiger partial charge is 0.336 e. The summed E-state index contributed by atoms with van der Waals surface area (Å²) < 4.78 is 28.2. The van der Waals surface area contributed by atoms with Crippen LogP contribution < -0.4 is 0 Å². The van der Waals surface area contributed by atoms with Gasteiger partial charge in [0.15, 0.2) is 0 Å². The number of hydrogen-bond donors (Lipinski definition) is 0. The Morgan fingerprint density at radius 3 is 1.82 bits per heavy atom. The highest BCUT2D eigenvalue weighted by Gasteiger charge is 2.33. The lowest BCUT2D eigenvalue weighted by atomic mass is 10.0. The van der Waals surface area contributed by atoms with E-state index in [0.29, 0.717) is 36.6 Å². The van der Waals surface area contributed by atoms with E-state index in [0.717, 1.165) is 27.8 Å². The minimum absolute atomic E-state index is 0.0455. The Kier molecular flexibility index (Phi) is 5.64. The summed E-state index contributed by atoms with van der Waals surface area (Å²) in [5.41, 5.74) is 5.32. The van der Waals surface area contributed by atoms with Gasteiger partial charge in [0, 0.05) is 31.7 Å². The van der Waals surface area contributed by atoms with Gasteiger partial charge < -0.3 is 4.90 Å². The van der Waals surface area contributed by atoms with Crippen LogP contribution in [0.5, 0.6) is 0 Å². The fraction of sp³-hybridized carbons (Fsp3) is 0.409. The lowest BCUT2D eigenvalue weighted by Gasteiger charge is -2.35. The third-order valence-electron chi connectivity index (χ3n) is 5.72. The number of sulfonamides is 1. The van der Waals surface area contributed by atoms with Crippen molar-refractivity contribution < 1.29 is 13.2 Å². The average Bonchev–Trinajstić information content (AvgIpc) is 2.66. The third kappa shape index (κ3) is 3.71. The number of benzene rings is 2. The predicted molar refractivity (Wildman–Crippen MR) is 111 cm³/mol. The monoisotopic (exact) mass is 400 g/mol. The maximum atomic E-state index is 13.3. The fourth-order valence-electron chi connectivity index (χ4n) is 3.71. The molecule has 3 rings (SSSR count). The van der Waals surface area contributed by atoms with E-state index in [2.05, 4.69) is 0 Å². The molecule has 0 radical (unpaired) electrons. The molecule has 0 N–H and O–H groups in total. The van der Waals surface area contributed by atoms with Crippen molar-refractivity contribution >= 4 is 15.9 Å². The SMILES string of the molecule is Cc1ccc(C(=O)N2CCN(S(=O)(=O)c3c(C)c(C)cc(C)c3C)CC2)cc1. The third-order valence-corrected chi connectivity index (χ3v) is 7.89. The smallest absolute Gasteiger partial charge is 0.253 e. The van der Waals surface area contributed by atoms with Crippen molar-refractivity contribution in [2.45, 2.75) is 39.5 Å². The maximum Gasteiger partial charge on any atom is 0.253 e. The van der Waals surface area contributed by atoms with Crippen LogP contribution in [0.2, 0.25) is 0 Å². The van der Waals surface area contributed by atoms with Gasteiger partial charge in [0.25, 0.3) is 5.91 Å². The molecule has 0 bridgehead atoms. The van der Waals surface area contributed by atoms with Gasteiger partial charge in [0.05, 0.1) is 4.90 Å². The normalized spacial score (nSPS) is 15.7. The minimum Gasteiger partial charge on any atom is -0.336 e. The molecule has 6 heteroatoms. The number of hydrogen-bond acceptors (Lipinski definition) is 3. The van der Waals surface area contributed by atoms with Crippen LogP contribution in [-0.4, -0.2) is 49.7 Å². The van der Waals surface area contributed by atoms with Gasteiger partial charge in [-0.2, -0.15) is 4.31 Å². The van der Waals surface area contributed by atoms with Crippen LogP contribution >= 0.6 is 0 Å². The van der Waals surface area contributed by atoms with E-state index >= 15 is 0 Å². The minimum atomic E-state index is -3.59. The highest BCUT2D eigenvalue weighted by Crippen LogP contribution is 2.29. The number of carbonyl (C=O) groups is 1. The Balaban J connectivity index is 1.79. The van der Waals surface area contributed by atoms with Gasteiger partial charge in [-0.15, -0.1) is 0 Å². The molecule has 1 fully saturated rings. The molecule has 0 aliphatic carbocycles. The van der Waals surface area contributed by atoms with Crippen molar-refractivity contribution in [1.29, 1.82) is 0 Å². The lowest BCUT2D eigenvalue weighted by molar-refractivity contribution is 0.0698. The second-order valence-corrected chi connectivity index (χ2v) is 9.53. The van der Waals surface area contributed by atoms with E-state index in [1.807, 2.05) is 65.0 Å². The van der Waals surface area contributed by atoms with Gasteiger partial charge in [-0.1, -0.05) is 23.8 Å². The molecule has 2 aromatic carbocycles. The molecule has 1 aliphatic rings. The topological polar surface area (TPSA) is 57.7 Å². The molecular weight excluding hydrogens is 372 g/mol.